The van der Waals surface area contributed by atoms with Gasteiger partial charge in [0.25, 0.3) is 5.91 Å². The highest BCUT2D eigenvalue weighted by Gasteiger charge is 2.36. The smallest absolute Gasteiger partial charge is 0.251 e. The highest BCUT2D eigenvalue weighted by atomic mass is 32.2. The normalized spacial score (nSPS) is 17.0. The maximum atomic E-state index is 12.1. The molecule has 1 aliphatic carbocycles. The van der Waals surface area contributed by atoms with Gasteiger partial charge in [0.05, 0.1) is 0 Å². The number of hydrogen-bond donors (Lipinski definition) is 2. The SMILES string of the molecule is CSC1(CNC(=O)c2cccc(O)c2C)CCC1. The summed E-state index contributed by atoms with van der Waals surface area (Å²) < 4.78 is 0.236. The molecule has 0 aliphatic heterocycles. The molecule has 0 spiro atoms. The van der Waals surface area contributed by atoms with E-state index in [2.05, 4.69) is 11.6 Å². The van der Waals surface area contributed by atoms with Crippen molar-refractivity contribution in [2.45, 2.75) is 30.9 Å². The Hall–Kier alpha value is -1.16. The van der Waals surface area contributed by atoms with Crippen molar-refractivity contribution >= 4 is 17.7 Å². The van der Waals surface area contributed by atoms with E-state index in [1.807, 2.05) is 11.8 Å². The average Bonchev–Trinajstić information content (AvgIpc) is 2.31. The van der Waals surface area contributed by atoms with E-state index in [9.17, 15) is 9.90 Å². The van der Waals surface area contributed by atoms with Gasteiger partial charge in [-0.1, -0.05) is 12.5 Å². The van der Waals surface area contributed by atoms with Gasteiger partial charge in [-0.2, -0.15) is 11.8 Å². The Morgan fingerprint density at radius 3 is 2.78 bits per heavy atom. The third-order valence-electron chi connectivity index (χ3n) is 3.82. The van der Waals surface area contributed by atoms with Crippen LogP contribution < -0.4 is 5.32 Å². The molecule has 0 bridgehead atoms. The van der Waals surface area contributed by atoms with Crippen molar-refractivity contribution < 1.29 is 9.90 Å². The maximum absolute atomic E-state index is 12.1. The maximum Gasteiger partial charge on any atom is 0.251 e. The molecule has 0 saturated heterocycles. The Bertz CT molecular complexity index is 450. The first-order valence-corrected chi connectivity index (χ1v) is 7.42. The molecule has 1 aromatic carbocycles. The second-order valence-electron chi connectivity index (χ2n) is 4.87. The van der Waals surface area contributed by atoms with Crippen LogP contribution in [0.4, 0.5) is 0 Å². The predicted octanol–water partition coefficient (Wildman–Crippen LogP) is 2.72. The summed E-state index contributed by atoms with van der Waals surface area (Å²) in [5, 5.41) is 12.6. The number of aromatic hydroxyl groups is 1. The summed E-state index contributed by atoms with van der Waals surface area (Å²) in [4.78, 5) is 12.1. The quantitative estimate of drug-likeness (QED) is 0.880. The second kappa shape index (κ2) is 5.22. The zero-order valence-electron chi connectivity index (χ0n) is 10.8. The van der Waals surface area contributed by atoms with E-state index in [1.54, 1.807) is 25.1 Å². The van der Waals surface area contributed by atoms with Gasteiger partial charge >= 0.3 is 0 Å². The summed E-state index contributed by atoms with van der Waals surface area (Å²) in [6.45, 7) is 2.47. The van der Waals surface area contributed by atoms with Crippen LogP contribution in [0.1, 0.15) is 35.2 Å². The standard InChI is InChI=1S/C14H19NO2S/c1-10-11(5-3-6-12(10)16)13(17)15-9-14(18-2)7-4-8-14/h3,5-6,16H,4,7-9H2,1-2H3,(H,15,17). The Morgan fingerprint density at radius 2 is 2.22 bits per heavy atom. The fourth-order valence-corrected chi connectivity index (χ4v) is 3.14. The zero-order chi connectivity index (χ0) is 13.2. The van der Waals surface area contributed by atoms with Gasteiger partial charge in [-0.05, 0) is 38.2 Å². The molecule has 1 fully saturated rings. The van der Waals surface area contributed by atoms with Crippen molar-refractivity contribution in [3.05, 3.63) is 29.3 Å². The summed E-state index contributed by atoms with van der Waals surface area (Å²) >= 11 is 1.84. The summed E-state index contributed by atoms with van der Waals surface area (Å²) in [5.41, 5.74) is 1.20. The number of rotatable bonds is 4. The number of carbonyl (C=O) groups excluding carboxylic acids is 1. The fourth-order valence-electron chi connectivity index (χ4n) is 2.23. The third kappa shape index (κ3) is 2.48. The van der Waals surface area contributed by atoms with Gasteiger partial charge < -0.3 is 10.4 Å². The number of hydrogen-bond acceptors (Lipinski definition) is 3. The number of carbonyl (C=O) groups is 1. The minimum atomic E-state index is -0.0938. The molecular formula is C14H19NO2S. The van der Waals surface area contributed by atoms with E-state index in [1.165, 1.54) is 19.3 Å². The van der Waals surface area contributed by atoms with E-state index in [0.717, 1.165) is 0 Å². The molecular weight excluding hydrogens is 246 g/mol. The van der Waals surface area contributed by atoms with Crippen LogP contribution in [0.3, 0.4) is 0 Å². The van der Waals surface area contributed by atoms with Crippen molar-refractivity contribution in [2.24, 2.45) is 0 Å². The highest BCUT2D eigenvalue weighted by Crippen LogP contribution is 2.42. The van der Waals surface area contributed by atoms with E-state index < -0.39 is 0 Å². The summed E-state index contributed by atoms with van der Waals surface area (Å²) in [7, 11) is 0. The molecule has 1 aliphatic rings. The second-order valence-corrected chi connectivity index (χ2v) is 6.15. The minimum Gasteiger partial charge on any atom is -0.508 e. The van der Waals surface area contributed by atoms with Crippen molar-refractivity contribution in [3.8, 4) is 5.75 Å². The van der Waals surface area contributed by atoms with Gasteiger partial charge in [-0.25, -0.2) is 0 Å². The average molecular weight is 265 g/mol. The van der Waals surface area contributed by atoms with Crippen LogP contribution in [0.15, 0.2) is 18.2 Å². The summed E-state index contributed by atoms with van der Waals surface area (Å²) in [5.74, 6) is 0.0783. The molecule has 98 valence electrons. The number of amides is 1. The summed E-state index contributed by atoms with van der Waals surface area (Å²) in [6, 6.07) is 5.04. The van der Waals surface area contributed by atoms with Gasteiger partial charge in [0.1, 0.15) is 5.75 Å². The lowest BCUT2D eigenvalue weighted by Gasteiger charge is -2.40. The first kappa shape index (κ1) is 13.3. The molecule has 1 amide bonds. The van der Waals surface area contributed by atoms with Crippen molar-refractivity contribution in [2.75, 3.05) is 12.8 Å². The van der Waals surface area contributed by atoms with Crippen LogP contribution in [0, 0.1) is 6.92 Å². The number of phenols is 1. The van der Waals surface area contributed by atoms with E-state index in [4.69, 9.17) is 0 Å². The van der Waals surface area contributed by atoms with Gasteiger partial charge in [-0.15, -0.1) is 0 Å². The Morgan fingerprint density at radius 1 is 1.50 bits per heavy atom. The van der Waals surface area contributed by atoms with Crippen LogP contribution in [-0.4, -0.2) is 28.6 Å². The van der Waals surface area contributed by atoms with E-state index >= 15 is 0 Å². The molecule has 0 aromatic heterocycles. The monoisotopic (exact) mass is 265 g/mol. The molecule has 1 saturated carbocycles. The lowest BCUT2D eigenvalue weighted by Crippen LogP contribution is -2.45. The van der Waals surface area contributed by atoms with Crippen molar-refractivity contribution in [1.82, 2.24) is 5.32 Å². The predicted molar refractivity (Wildman–Crippen MR) is 75.3 cm³/mol. The molecule has 3 nitrogen and oxygen atoms in total. The molecule has 0 heterocycles. The lowest BCUT2D eigenvalue weighted by molar-refractivity contribution is 0.0943. The first-order chi connectivity index (χ1) is 8.58. The third-order valence-corrected chi connectivity index (χ3v) is 5.24. The molecule has 4 heteroatoms. The van der Waals surface area contributed by atoms with Crippen LogP contribution in [0.2, 0.25) is 0 Å². The molecule has 0 unspecified atom stereocenters. The molecule has 18 heavy (non-hydrogen) atoms. The summed E-state index contributed by atoms with van der Waals surface area (Å²) in [6.07, 6.45) is 5.70. The molecule has 2 N–H and O–H groups in total. The van der Waals surface area contributed by atoms with Gasteiger partial charge in [0.2, 0.25) is 0 Å². The Labute approximate surface area is 112 Å². The molecule has 2 rings (SSSR count). The number of benzene rings is 1. The van der Waals surface area contributed by atoms with Crippen LogP contribution >= 0.6 is 11.8 Å². The highest BCUT2D eigenvalue weighted by molar-refractivity contribution is 8.00. The van der Waals surface area contributed by atoms with Gasteiger partial charge in [-0.3, -0.25) is 4.79 Å². The van der Waals surface area contributed by atoms with Crippen LogP contribution in [0.5, 0.6) is 5.75 Å². The zero-order valence-corrected chi connectivity index (χ0v) is 11.6. The van der Waals surface area contributed by atoms with Crippen molar-refractivity contribution in [1.29, 1.82) is 0 Å². The topological polar surface area (TPSA) is 49.3 Å². The lowest BCUT2D eigenvalue weighted by atomic mass is 9.84. The Balaban J connectivity index is 2.02. The fraction of sp³-hybridized carbons (Fsp3) is 0.500. The number of nitrogens with one attached hydrogen (secondary N) is 1. The van der Waals surface area contributed by atoms with Gasteiger partial charge in [0.15, 0.2) is 0 Å². The number of thioether (sulfide) groups is 1. The molecule has 0 radical (unpaired) electrons. The van der Waals surface area contributed by atoms with E-state index in [-0.39, 0.29) is 16.4 Å². The van der Waals surface area contributed by atoms with E-state index in [0.29, 0.717) is 17.7 Å². The van der Waals surface area contributed by atoms with Crippen LogP contribution in [-0.2, 0) is 0 Å². The first-order valence-electron chi connectivity index (χ1n) is 6.20. The largest absolute Gasteiger partial charge is 0.508 e. The molecule has 0 atom stereocenters. The van der Waals surface area contributed by atoms with Crippen molar-refractivity contribution in [3.63, 3.8) is 0 Å². The minimum absolute atomic E-state index is 0.0938. The van der Waals surface area contributed by atoms with Crippen LogP contribution in [0.25, 0.3) is 0 Å². The Kier molecular flexibility index (Phi) is 3.85. The number of phenolic OH excluding ortho intramolecular Hbond substituents is 1. The van der Waals surface area contributed by atoms with Gasteiger partial charge in [0, 0.05) is 22.4 Å². The molecule has 1 aromatic rings.